The third kappa shape index (κ3) is 4.25. The highest BCUT2D eigenvalue weighted by Crippen LogP contribution is 2.42. The van der Waals surface area contributed by atoms with Crippen molar-refractivity contribution in [1.82, 2.24) is 10.2 Å². The Bertz CT molecular complexity index is 1140. The summed E-state index contributed by atoms with van der Waals surface area (Å²) in [6.07, 6.45) is 3.80. The molecule has 1 saturated carbocycles. The van der Waals surface area contributed by atoms with E-state index in [1.54, 1.807) is 12.1 Å². The van der Waals surface area contributed by atoms with Crippen LogP contribution in [0.2, 0.25) is 0 Å². The number of benzene rings is 2. The molecule has 0 bridgehead atoms. The number of rotatable bonds is 7. The highest BCUT2D eigenvalue weighted by molar-refractivity contribution is 5.89. The predicted octanol–water partition coefficient (Wildman–Crippen LogP) is 3.34. The summed E-state index contributed by atoms with van der Waals surface area (Å²) in [6, 6.07) is 21.0. The molecule has 2 saturated heterocycles. The molecule has 0 spiro atoms. The van der Waals surface area contributed by atoms with Gasteiger partial charge in [0.2, 0.25) is 0 Å². The molecule has 2 aliphatic heterocycles. The molecule has 34 heavy (non-hydrogen) atoms. The van der Waals surface area contributed by atoms with Gasteiger partial charge in [-0.15, -0.1) is 0 Å². The van der Waals surface area contributed by atoms with Crippen molar-refractivity contribution in [3.63, 3.8) is 0 Å². The molecule has 2 N–H and O–H groups in total. The number of carbonyl (C=O) groups is 1. The largest absolute Gasteiger partial charge is 0.478 e. The van der Waals surface area contributed by atoms with Crippen LogP contribution in [0, 0.1) is 22.7 Å². The van der Waals surface area contributed by atoms with Crippen molar-refractivity contribution in [2.24, 2.45) is 0 Å². The first-order valence-electron chi connectivity index (χ1n) is 12.0. The van der Waals surface area contributed by atoms with Gasteiger partial charge in [0.15, 0.2) is 0 Å². The molecule has 174 valence electrons. The molecule has 3 aliphatic rings. The molecule has 3 fully saturated rings. The summed E-state index contributed by atoms with van der Waals surface area (Å²) in [5, 5.41) is 32.1. The Morgan fingerprint density at radius 1 is 1.12 bits per heavy atom. The minimum atomic E-state index is -1.04. The predicted molar refractivity (Wildman–Crippen MR) is 129 cm³/mol. The van der Waals surface area contributed by atoms with Crippen LogP contribution in [0.25, 0.3) is 0 Å². The molecular weight excluding hydrogens is 426 g/mol. The minimum Gasteiger partial charge on any atom is -0.478 e. The molecule has 0 radical (unpaired) electrons. The average Bonchev–Trinajstić information content (AvgIpc) is 3.61. The number of piperidine rings is 1. The smallest absolute Gasteiger partial charge is 0.335 e. The monoisotopic (exact) mass is 455 g/mol. The van der Waals surface area contributed by atoms with Crippen LogP contribution < -0.4 is 10.2 Å². The molecule has 2 aromatic carbocycles. The first-order chi connectivity index (χ1) is 16.5. The number of carboxylic acids is 1. The zero-order valence-electron chi connectivity index (χ0n) is 19.2. The van der Waals surface area contributed by atoms with Crippen molar-refractivity contribution in [3.05, 3.63) is 65.2 Å². The number of nitrogens with zero attached hydrogens (tertiary/aromatic N) is 4. The molecule has 1 aliphatic carbocycles. The zero-order valence-corrected chi connectivity index (χ0v) is 19.2. The fourth-order valence-electron chi connectivity index (χ4n) is 5.71. The summed E-state index contributed by atoms with van der Waals surface area (Å²) < 4.78 is 0. The number of carboxylic acid groups (broad SMARTS) is 1. The Balaban J connectivity index is 1.18. The Morgan fingerprint density at radius 3 is 2.50 bits per heavy atom. The van der Waals surface area contributed by atoms with Gasteiger partial charge in [0.1, 0.15) is 6.07 Å². The third-order valence-electron chi connectivity index (χ3n) is 7.72. The van der Waals surface area contributed by atoms with Crippen LogP contribution in [-0.4, -0.2) is 59.8 Å². The van der Waals surface area contributed by atoms with E-state index in [1.165, 1.54) is 18.1 Å². The second-order valence-electron chi connectivity index (χ2n) is 9.85. The maximum Gasteiger partial charge on any atom is 0.335 e. The van der Waals surface area contributed by atoms with Gasteiger partial charge < -0.3 is 15.3 Å². The van der Waals surface area contributed by atoms with E-state index in [1.807, 2.05) is 0 Å². The molecule has 0 unspecified atom stereocenters. The number of anilines is 1. The van der Waals surface area contributed by atoms with Crippen molar-refractivity contribution < 1.29 is 9.90 Å². The number of hydrogen-bond acceptors (Lipinski definition) is 6. The van der Waals surface area contributed by atoms with Crippen LogP contribution in [0.3, 0.4) is 0 Å². The number of aromatic carboxylic acids is 1. The minimum absolute atomic E-state index is 0.115. The summed E-state index contributed by atoms with van der Waals surface area (Å²) in [5.41, 5.74) is 2.45. The van der Waals surface area contributed by atoms with Crippen LogP contribution >= 0.6 is 0 Å². The molecule has 0 amide bonds. The SMILES string of the molecule is N#CCC1(N2CCC(N[C@@H]3C[C@H]3c3ccccc3)CC2)CN(c2ccc(C(=O)O)cc2C#N)C1. The van der Waals surface area contributed by atoms with Gasteiger partial charge in [-0.25, -0.2) is 4.79 Å². The summed E-state index contributed by atoms with van der Waals surface area (Å²) in [6.45, 7) is 3.27. The van der Waals surface area contributed by atoms with Crippen LogP contribution in [0.4, 0.5) is 5.69 Å². The Labute approximate surface area is 200 Å². The van der Waals surface area contributed by atoms with Crippen LogP contribution in [0.15, 0.2) is 48.5 Å². The van der Waals surface area contributed by atoms with E-state index < -0.39 is 5.97 Å². The van der Waals surface area contributed by atoms with E-state index in [2.05, 4.69) is 57.6 Å². The van der Waals surface area contributed by atoms with Gasteiger partial charge >= 0.3 is 5.97 Å². The van der Waals surface area contributed by atoms with E-state index in [9.17, 15) is 20.4 Å². The summed E-state index contributed by atoms with van der Waals surface area (Å²) >= 11 is 0. The van der Waals surface area contributed by atoms with Crippen LogP contribution in [0.1, 0.15) is 53.1 Å². The van der Waals surface area contributed by atoms with Gasteiger partial charge in [-0.3, -0.25) is 4.90 Å². The Kier molecular flexibility index (Phi) is 6.00. The first kappa shape index (κ1) is 22.4. The van der Waals surface area contributed by atoms with E-state index >= 15 is 0 Å². The van der Waals surface area contributed by atoms with Gasteiger partial charge in [-0.05, 0) is 43.0 Å². The zero-order chi connectivity index (χ0) is 23.7. The van der Waals surface area contributed by atoms with Crippen molar-refractivity contribution in [2.45, 2.75) is 49.2 Å². The lowest BCUT2D eigenvalue weighted by molar-refractivity contribution is 0.0357. The molecule has 2 aromatic rings. The molecule has 2 atom stereocenters. The number of likely N-dealkylation sites (tertiary alicyclic amines) is 1. The molecular formula is C27H29N5O2. The number of nitriles is 2. The fourth-order valence-corrected chi connectivity index (χ4v) is 5.71. The standard InChI is InChI=1S/C27H29N5O2/c28-11-10-27(17-31(18-27)25-7-6-20(26(33)34)14-21(25)16-29)32-12-8-22(9-13-32)30-24-15-23(24)19-4-2-1-3-5-19/h1-7,14,22-24,30H,8-10,12-13,15,17-18H2,(H,33,34)/t23-,24+/m0/s1. The first-order valence-corrected chi connectivity index (χ1v) is 12.0. The lowest BCUT2D eigenvalue weighted by Gasteiger charge is -2.57. The van der Waals surface area contributed by atoms with Gasteiger partial charge in [-0.1, -0.05) is 30.3 Å². The summed E-state index contributed by atoms with van der Waals surface area (Å²) in [7, 11) is 0. The Morgan fingerprint density at radius 2 is 1.85 bits per heavy atom. The molecule has 0 aromatic heterocycles. The Hall–Kier alpha value is -3.39. The quantitative estimate of drug-likeness (QED) is 0.660. The summed E-state index contributed by atoms with van der Waals surface area (Å²) in [4.78, 5) is 15.8. The highest BCUT2D eigenvalue weighted by atomic mass is 16.4. The van der Waals surface area contributed by atoms with Gasteiger partial charge in [0, 0.05) is 44.2 Å². The molecule has 7 heteroatoms. The van der Waals surface area contributed by atoms with E-state index in [0.29, 0.717) is 43.1 Å². The number of hydrogen-bond donors (Lipinski definition) is 2. The highest BCUT2D eigenvalue weighted by Gasteiger charge is 2.49. The topological polar surface area (TPSA) is 103 Å². The van der Waals surface area contributed by atoms with E-state index in [-0.39, 0.29) is 11.1 Å². The third-order valence-corrected chi connectivity index (χ3v) is 7.72. The molecule has 7 nitrogen and oxygen atoms in total. The molecule has 5 rings (SSSR count). The van der Waals surface area contributed by atoms with Crippen molar-refractivity contribution in [3.8, 4) is 12.1 Å². The van der Waals surface area contributed by atoms with Crippen molar-refractivity contribution in [1.29, 1.82) is 10.5 Å². The van der Waals surface area contributed by atoms with Crippen LogP contribution in [-0.2, 0) is 0 Å². The van der Waals surface area contributed by atoms with Gasteiger partial charge in [0.05, 0.1) is 34.8 Å². The second kappa shape index (κ2) is 9.10. The van der Waals surface area contributed by atoms with Crippen molar-refractivity contribution >= 4 is 11.7 Å². The normalized spacial score (nSPS) is 24.0. The second-order valence-corrected chi connectivity index (χ2v) is 9.85. The average molecular weight is 456 g/mol. The van der Waals surface area contributed by atoms with Gasteiger partial charge in [-0.2, -0.15) is 10.5 Å². The van der Waals surface area contributed by atoms with E-state index in [0.717, 1.165) is 31.6 Å². The van der Waals surface area contributed by atoms with E-state index in [4.69, 9.17) is 0 Å². The lowest BCUT2D eigenvalue weighted by atomic mass is 9.82. The maximum atomic E-state index is 11.2. The van der Waals surface area contributed by atoms with Gasteiger partial charge in [0.25, 0.3) is 0 Å². The molecule has 2 heterocycles. The lowest BCUT2D eigenvalue weighted by Crippen LogP contribution is -2.71. The van der Waals surface area contributed by atoms with Crippen LogP contribution in [0.5, 0.6) is 0 Å². The summed E-state index contributed by atoms with van der Waals surface area (Å²) in [5.74, 6) is -0.408. The number of nitrogens with one attached hydrogen (secondary N) is 1. The fraction of sp³-hybridized carbons (Fsp3) is 0.444. The maximum absolute atomic E-state index is 11.2. The van der Waals surface area contributed by atoms with Crippen molar-refractivity contribution in [2.75, 3.05) is 31.1 Å².